The normalized spacial score (nSPS) is 10.8. The number of rotatable bonds is 8. The summed E-state index contributed by atoms with van der Waals surface area (Å²) in [6.07, 6.45) is 0. The van der Waals surface area contributed by atoms with Crippen LogP contribution in [0.3, 0.4) is 0 Å². The van der Waals surface area contributed by atoms with Crippen LogP contribution in [0.15, 0.2) is 24.3 Å². The molecule has 0 unspecified atom stereocenters. The smallest absolute Gasteiger partial charge is 0.335 e. The number of benzene rings is 1. The molecule has 0 spiro atoms. The van der Waals surface area contributed by atoms with Gasteiger partial charge < -0.3 is 14.7 Å². The summed E-state index contributed by atoms with van der Waals surface area (Å²) in [7, 11) is 0. The van der Waals surface area contributed by atoms with E-state index in [4.69, 9.17) is 9.84 Å². The molecule has 0 aliphatic heterocycles. The van der Waals surface area contributed by atoms with E-state index in [2.05, 4.69) is 18.7 Å². The van der Waals surface area contributed by atoms with Gasteiger partial charge in [0.2, 0.25) is 0 Å². The number of likely N-dealkylation sites (N-methyl/N-ethyl adjacent to an activating group) is 1. The predicted octanol–water partition coefficient (Wildman–Crippen LogP) is 2.24. The Labute approximate surface area is 108 Å². The van der Waals surface area contributed by atoms with E-state index >= 15 is 0 Å². The van der Waals surface area contributed by atoms with Crippen LogP contribution < -0.4 is 0 Å². The molecule has 0 aliphatic rings. The van der Waals surface area contributed by atoms with Gasteiger partial charge in [-0.3, -0.25) is 0 Å². The van der Waals surface area contributed by atoms with Crippen LogP contribution >= 0.6 is 0 Å². The molecule has 4 nitrogen and oxygen atoms in total. The van der Waals surface area contributed by atoms with Crippen molar-refractivity contribution in [3.8, 4) is 0 Å². The second-order valence-corrected chi connectivity index (χ2v) is 4.08. The van der Waals surface area contributed by atoms with Gasteiger partial charge >= 0.3 is 5.97 Å². The largest absolute Gasteiger partial charge is 0.478 e. The lowest BCUT2D eigenvalue weighted by atomic mass is 10.1. The molecule has 4 heteroatoms. The van der Waals surface area contributed by atoms with Crippen LogP contribution in [-0.4, -0.2) is 42.2 Å². The molecule has 18 heavy (non-hydrogen) atoms. The molecular formula is C14H21NO3. The average Bonchev–Trinajstić information content (AvgIpc) is 2.39. The SMILES string of the molecule is CCN(CC)CCOCc1ccc(C(=O)O)cc1. The fourth-order valence-electron chi connectivity index (χ4n) is 1.67. The lowest BCUT2D eigenvalue weighted by Crippen LogP contribution is -2.26. The van der Waals surface area contributed by atoms with Gasteiger partial charge in [0, 0.05) is 6.54 Å². The predicted molar refractivity (Wildman–Crippen MR) is 70.8 cm³/mol. The molecular weight excluding hydrogens is 230 g/mol. The first-order chi connectivity index (χ1) is 8.67. The van der Waals surface area contributed by atoms with E-state index in [0.717, 1.165) is 25.2 Å². The van der Waals surface area contributed by atoms with Crippen molar-refractivity contribution in [2.24, 2.45) is 0 Å². The number of ether oxygens (including phenoxy) is 1. The molecule has 0 bridgehead atoms. The second-order valence-electron chi connectivity index (χ2n) is 4.08. The molecule has 1 N–H and O–H groups in total. The minimum absolute atomic E-state index is 0.307. The molecule has 0 saturated carbocycles. The van der Waals surface area contributed by atoms with E-state index in [0.29, 0.717) is 18.8 Å². The Morgan fingerprint density at radius 3 is 2.33 bits per heavy atom. The zero-order valence-corrected chi connectivity index (χ0v) is 11.1. The van der Waals surface area contributed by atoms with E-state index in [1.54, 1.807) is 24.3 Å². The Bertz CT molecular complexity index is 358. The topological polar surface area (TPSA) is 49.8 Å². The van der Waals surface area contributed by atoms with E-state index in [1.807, 2.05) is 0 Å². The summed E-state index contributed by atoms with van der Waals surface area (Å²) < 4.78 is 5.57. The first-order valence-electron chi connectivity index (χ1n) is 6.29. The summed E-state index contributed by atoms with van der Waals surface area (Å²) in [6, 6.07) is 6.79. The van der Waals surface area contributed by atoms with Crippen molar-refractivity contribution in [2.75, 3.05) is 26.2 Å². The van der Waals surface area contributed by atoms with E-state index in [1.165, 1.54) is 0 Å². The van der Waals surface area contributed by atoms with Crippen molar-refractivity contribution in [1.29, 1.82) is 0 Å². The maximum Gasteiger partial charge on any atom is 0.335 e. The van der Waals surface area contributed by atoms with Crippen molar-refractivity contribution in [3.63, 3.8) is 0 Å². The monoisotopic (exact) mass is 251 g/mol. The van der Waals surface area contributed by atoms with Crippen LogP contribution in [0.4, 0.5) is 0 Å². The van der Waals surface area contributed by atoms with Gasteiger partial charge in [0.05, 0.1) is 18.8 Å². The van der Waals surface area contributed by atoms with Gasteiger partial charge in [-0.15, -0.1) is 0 Å². The summed E-state index contributed by atoms with van der Waals surface area (Å²) in [5, 5.41) is 8.77. The Kier molecular flexibility index (Phi) is 6.39. The molecule has 0 fully saturated rings. The van der Waals surface area contributed by atoms with Gasteiger partial charge in [0.1, 0.15) is 0 Å². The number of carboxylic acid groups (broad SMARTS) is 1. The highest BCUT2D eigenvalue weighted by Crippen LogP contribution is 2.05. The Hall–Kier alpha value is -1.39. The summed E-state index contributed by atoms with van der Waals surface area (Å²) in [4.78, 5) is 13.0. The zero-order chi connectivity index (χ0) is 13.4. The third-order valence-corrected chi connectivity index (χ3v) is 2.92. The summed E-state index contributed by atoms with van der Waals surface area (Å²) in [5.74, 6) is -0.899. The van der Waals surface area contributed by atoms with Crippen LogP contribution in [0, 0.1) is 0 Å². The van der Waals surface area contributed by atoms with E-state index in [-0.39, 0.29) is 0 Å². The molecule has 0 atom stereocenters. The summed E-state index contributed by atoms with van der Waals surface area (Å²) in [6.45, 7) is 8.49. The lowest BCUT2D eigenvalue weighted by molar-refractivity contribution is 0.0696. The minimum Gasteiger partial charge on any atom is -0.478 e. The number of carbonyl (C=O) groups is 1. The third kappa shape index (κ3) is 4.85. The molecule has 1 aromatic rings. The van der Waals surface area contributed by atoms with Crippen LogP contribution in [0.5, 0.6) is 0 Å². The van der Waals surface area contributed by atoms with Crippen molar-refractivity contribution in [3.05, 3.63) is 35.4 Å². The highest BCUT2D eigenvalue weighted by atomic mass is 16.5. The van der Waals surface area contributed by atoms with Gasteiger partial charge in [-0.1, -0.05) is 26.0 Å². The Balaban J connectivity index is 2.29. The molecule has 0 radical (unpaired) electrons. The van der Waals surface area contributed by atoms with Crippen molar-refractivity contribution in [2.45, 2.75) is 20.5 Å². The molecule has 0 saturated heterocycles. The number of hydrogen-bond acceptors (Lipinski definition) is 3. The number of nitrogens with zero attached hydrogens (tertiary/aromatic N) is 1. The lowest BCUT2D eigenvalue weighted by Gasteiger charge is -2.17. The number of carboxylic acids is 1. The maximum absolute atomic E-state index is 10.7. The maximum atomic E-state index is 10.7. The Morgan fingerprint density at radius 2 is 1.83 bits per heavy atom. The molecule has 0 aliphatic carbocycles. The molecule has 0 aromatic heterocycles. The molecule has 1 aromatic carbocycles. The fraction of sp³-hybridized carbons (Fsp3) is 0.500. The van der Waals surface area contributed by atoms with Crippen LogP contribution in [-0.2, 0) is 11.3 Å². The highest BCUT2D eigenvalue weighted by Gasteiger charge is 2.02. The minimum atomic E-state index is -0.899. The quantitative estimate of drug-likeness (QED) is 0.720. The van der Waals surface area contributed by atoms with Crippen molar-refractivity contribution >= 4 is 5.97 Å². The standard InChI is InChI=1S/C14H21NO3/c1-3-15(4-2)9-10-18-11-12-5-7-13(8-6-12)14(16)17/h5-8H,3-4,9-11H2,1-2H3,(H,16,17). The highest BCUT2D eigenvalue weighted by molar-refractivity contribution is 5.87. The number of aromatic carboxylic acids is 1. The summed E-state index contributed by atoms with van der Waals surface area (Å²) >= 11 is 0. The van der Waals surface area contributed by atoms with Gasteiger partial charge in [0.25, 0.3) is 0 Å². The van der Waals surface area contributed by atoms with E-state index < -0.39 is 5.97 Å². The van der Waals surface area contributed by atoms with Crippen LogP contribution in [0.25, 0.3) is 0 Å². The second kappa shape index (κ2) is 7.84. The number of hydrogen-bond donors (Lipinski definition) is 1. The van der Waals surface area contributed by atoms with Crippen LogP contribution in [0.2, 0.25) is 0 Å². The first kappa shape index (κ1) is 14.7. The van der Waals surface area contributed by atoms with Gasteiger partial charge in [0.15, 0.2) is 0 Å². The van der Waals surface area contributed by atoms with Gasteiger partial charge in [-0.05, 0) is 30.8 Å². The fourth-order valence-corrected chi connectivity index (χ4v) is 1.67. The van der Waals surface area contributed by atoms with Gasteiger partial charge in [-0.25, -0.2) is 4.79 Å². The van der Waals surface area contributed by atoms with Crippen LogP contribution in [0.1, 0.15) is 29.8 Å². The Morgan fingerprint density at radius 1 is 1.22 bits per heavy atom. The average molecular weight is 251 g/mol. The molecule has 0 amide bonds. The van der Waals surface area contributed by atoms with Gasteiger partial charge in [-0.2, -0.15) is 0 Å². The molecule has 1 rings (SSSR count). The zero-order valence-electron chi connectivity index (χ0n) is 11.1. The van der Waals surface area contributed by atoms with Crippen molar-refractivity contribution in [1.82, 2.24) is 4.90 Å². The molecule has 100 valence electrons. The first-order valence-corrected chi connectivity index (χ1v) is 6.29. The summed E-state index contributed by atoms with van der Waals surface area (Å²) in [5.41, 5.74) is 1.31. The van der Waals surface area contributed by atoms with Crippen molar-refractivity contribution < 1.29 is 14.6 Å². The molecule has 0 heterocycles. The third-order valence-electron chi connectivity index (χ3n) is 2.92. The van der Waals surface area contributed by atoms with E-state index in [9.17, 15) is 4.79 Å².